The monoisotopic (exact) mass is 421 g/mol. The summed E-state index contributed by atoms with van der Waals surface area (Å²) in [5.41, 5.74) is 21.6. The quantitative estimate of drug-likeness (QED) is 0.290. The number of methoxy groups -OCH3 is 2. The number of allylic oxidation sites excluding steroid dienone is 1. The van der Waals surface area contributed by atoms with Crippen LogP contribution in [0, 0.1) is 16.7 Å². The molecule has 0 aliphatic carbocycles. The number of rotatable bonds is 8. The third-order valence-electron chi connectivity index (χ3n) is 4.74. The first-order valence-electron chi connectivity index (χ1n) is 9.38. The minimum absolute atomic E-state index is 0.115. The Morgan fingerprint density at radius 1 is 1.10 bits per heavy atom. The summed E-state index contributed by atoms with van der Waals surface area (Å²) in [5, 5.41) is 17.9. The summed E-state index contributed by atoms with van der Waals surface area (Å²) in [6.45, 7) is 3.77. The molecule has 0 spiro atoms. The van der Waals surface area contributed by atoms with Crippen molar-refractivity contribution in [3.8, 4) is 23.3 Å². The van der Waals surface area contributed by atoms with Crippen molar-refractivity contribution in [3.63, 3.8) is 0 Å². The summed E-state index contributed by atoms with van der Waals surface area (Å²) in [6.07, 6.45) is 1.46. The van der Waals surface area contributed by atoms with E-state index in [1.807, 2.05) is 6.92 Å². The number of hydrogen-bond donors (Lipinski definition) is 4. The van der Waals surface area contributed by atoms with E-state index in [4.69, 9.17) is 36.8 Å². The van der Waals surface area contributed by atoms with Crippen molar-refractivity contribution >= 4 is 11.4 Å². The molecule has 0 heterocycles. The number of nitrogen functional groups attached to an aromatic ring is 1. The molecule has 31 heavy (non-hydrogen) atoms. The van der Waals surface area contributed by atoms with E-state index in [9.17, 15) is 5.26 Å². The highest BCUT2D eigenvalue weighted by molar-refractivity contribution is 6.14. The van der Waals surface area contributed by atoms with E-state index in [0.29, 0.717) is 45.3 Å². The molecule has 0 aliphatic heterocycles. The zero-order valence-electron chi connectivity index (χ0n) is 18.1. The van der Waals surface area contributed by atoms with Gasteiger partial charge in [-0.3, -0.25) is 5.41 Å². The van der Waals surface area contributed by atoms with Crippen molar-refractivity contribution in [1.82, 2.24) is 0 Å². The summed E-state index contributed by atoms with van der Waals surface area (Å²) < 4.78 is 16.6. The van der Waals surface area contributed by atoms with Gasteiger partial charge >= 0.3 is 0 Å². The molecule has 0 saturated heterocycles. The minimum Gasteiger partial charge on any atom is -0.497 e. The molecular formula is C23H27N5O3. The van der Waals surface area contributed by atoms with Gasteiger partial charge in [-0.05, 0) is 49.9 Å². The number of nitrogens with one attached hydrogen (secondary N) is 1. The largest absolute Gasteiger partial charge is 0.497 e. The fourth-order valence-electron chi connectivity index (χ4n) is 2.93. The Bertz CT molecular complexity index is 1090. The smallest absolute Gasteiger partial charge is 0.162 e. The molecule has 8 heteroatoms. The Balaban J connectivity index is 2.48. The molecule has 7 N–H and O–H groups in total. The van der Waals surface area contributed by atoms with Crippen molar-refractivity contribution < 1.29 is 14.2 Å². The Morgan fingerprint density at radius 2 is 1.81 bits per heavy atom. The van der Waals surface area contributed by atoms with Crippen LogP contribution in [-0.4, -0.2) is 26.5 Å². The maximum atomic E-state index is 9.27. The average molecular weight is 422 g/mol. The molecule has 0 amide bonds. The molecule has 8 nitrogen and oxygen atoms in total. The van der Waals surface area contributed by atoms with Gasteiger partial charge in [0, 0.05) is 34.2 Å². The van der Waals surface area contributed by atoms with Crippen LogP contribution in [0.4, 0.5) is 5.69 Å². The molecular weight excluding hydrogens is 394 g/mol. The number of nitrogens with two attached hydrogens (primary N) is 3. The highest BCUT2D eigenvalue weighted by Crippen LogP contribution is 2.34. The molecule has 0 bridgehead atoms. The SMILES string of the molecule is COc1cc(C#N)cc(C(=N)c2cc(OCC(/C(C)=C\N)=C(\C)N)c(OC)cc2N)c1. The third-order valence-corrected chi connectivity index (χ3v) is 4.74. The van der Waals surface area contributed by atoms with Crippen LogP contribution in [-0.2, 0) is 0 Å². The van der Waals surface area contributed by atoms with Gasteiger partial charge in [0.05, 0.1) is 31.6 Å². The summed E-state index contributed by atoms with van der Waals surface area (Å²) in [6, 6.07) is 10.2. The predicted molar refractivity (Wildman–Crippen MR) is 121 cm³/mol. The molecule has 0 unspecified atom stereocenters. The normalized spacial score (nSPS) is 11.9. The lowest BCUT2D eigenvalue weighted by molar-refractivity contribution is 0.320. The highest BCUT2D eigenvalue weighted by atomic mass is 16.5. The first-order valence-corrected chi connectivity index (χ1v) is 9.38. The standard InChI is InChI=1S/C23H27N5O3/c1-13(10-24)19(14(2)26)12-31-22-8-18(20(27)9-21(22)30-4)23(28)16-5-15(11-25)6-17(7-16)29-3/h5-10,28H,12,24,26-27H2,1-4H3/b13-10-,19-14-,28-23?. The predicted octanol–water partition coefficient (Wildman–Crippen LogP) is 3.05. The summed E-state index contributed by atoms with van der Waals surface area (Å²) in [4.78, 5) is 0. The lowest BCUT2D eigenvalue weighted by atomic mass is 9.98. The first-order chi connectivity index (χ1) is 14.7. The van der Waals surface area contributed by atoms with Gasteiger partial charge in [0.1, 0.15) is 12.4 Å². The molecule has 0 aromatic heterocycles. The van der Waals surface area contributed by atoms with Crippen LogP contribution in [0.25, 0.3) is 0 Å². The van der Waals surface area contributed by atoms with Gasteiger partial charge in [0.25, 0.3) is 0 Å². The van der Waals surface area contributed by atoms with E-state index in [2.05, 4.69) is 6.07 Å². The molecule has 2 aromatic rings. The van der Waals surface area contributed by atoms with Crippen LogP contribution in [0.15, 0.2) is 53.4 Å². The minimum atomic E-state index is 0.115. The number of ether oxygens (including phenoxy) is 3. The average Bonchev–Trinajstić information content (AvgIpc) is 2.78. The van der Waals surface area contributed by atoms with Crippen LogP contribution < -0.4 is 31.4 Å². The zero-order chi connectivity index (χ0) is 23.1. The second-order valence-corrected chi connectivity index (χ2v) is 6.83. The van der Waals surface area contributed by atoms with Gasteiger partial charge in [-0.2, -0.15) is 5.26 Å². The van der Waals surface area contributed by atoms with E-state index < -0.39 is 0 Å². The van der Waals surface area contributed by atoms with Gasteiger partial charge < -0.3 is 31.4 Å². The van der Waals surface area contributed by atoms with E-state index >= 15 is 0 Å². The second kappa shape index (κ2) is 10.1. The van der Waals surface area contributed by atoms with Crippen LogP contribution in [0.1, 0.15) is 30.5 Å². The second-order valence-electron chi connectivity index (χ2n) is 6.83. The summed E-state index contributed by atoms with van der Waals surface area (Å²) >= 11 is 0. The molecule has 0 aliphatic rings. The van der Waals surface area contributed by atoms with Crippen molar-refractivity contribution in [2.24, 2.45) is 11.5 Å². The van der Waals surface area contributed by atoms with E-state index in [1.54, 1.807) is 37.3 Å². The Kier molecular flexibility index (Phi) is 7.53. The third kappa shape index (κ3) is 5.28. The Hall–Kier alpha value is -4.12. The van der Waals surface area contributed by atoms with Crippen LogP contribution in [0.3, 0.4) is 0 Å². The number of nitriles is 1. The summed E-state index contributed by atoms with van der Waals surface area (Å²) in [5.74, 6) is 1.28. The Labute approximate surface area is 182 Å². The van der Waals surface area contributed by atoms with E-state index in [0.717, 1.165) is 11.1 Å². The molecule has 2 rings (SSSR count). The van der Waals surface area contributed by atoms with Crippen molar-refractivity contribution in [3.05, 3.63) is 70.1 Å². The molecule has 0 saturated carbocycles. The number of hydrogen-bond acceptors (Lipinski definition) is 8. The first kappa shape index (κ1) is 23.2. The van der Waals surface area contributed by atoms with Crippen molar-refractivity contribution in [1.29, 1.82) is 10.7 Å². The van der Waals surface area contributed by atoms with Crippen LogP contribution >= 0.6 is 0 Å². The van der Waals surface area contributed by atoms with Gasteiger partial charge in [-0.25, -0.2) is 0 Å². The lowest BCUT2D eigenvalue weighted by Gasteiger charge is -2.17. The van der Waals surface area contributed by atoms with Crippen molar-refractivity contribution in [2.75, 3.05) is 26.6 Å². The molecule has 0 radical (unpaired) electrons. The zero-order valence-corrected chi connectivity index (χ0v) is 18.1. The fraction of sp³-hybridized carbons (Fsp3) is 0.217. The van der Waals surface area contributed by atoms with Crippen molar-refractivity contribution in [2.45, 2.75) is 13.8 Å². The van der Waals surface area contributed by atoms with E-state index in [-0.39, 0.29) is 12.3 Å². The van der Waals surface area contributed by atoms with Gasteiger partial charge in [0.15, 0.2) is 11.5 Å². The molecule has 162 valence electrons. The van der Waals surface area contributed by atoms with Crippen LogP contribution in [0.5, 0.6) is 17.2 Å². The van der Waals surface area contributed by atoms with E-state index in [1.165, 1.54) is 20.4 Å². The number of nitrogens with zero attached hydrogens (tertiary/aromatic N) is 1. The maximum Gasteiger partial charge on any atom is 0.162 e. The summed E-state index contributed by atoms with van der Waals surface area (Å²) in [7, 11) is 3.00. The number of anilines is 1. The van der Waals surface area contributed by atoms with Crippen LogP contribution in [0.2, 0.25) is 0 Å². The lowest BCUT2D eigenvalue weighted by Crippen LogP contribution is -2.12. The molecule has 0 fully saturated rings. The Morgan fingerprint density at radius 3 is 2.35 bits per heavy atom. The highest BCUT2D eigenvalue weighted by Gasteiger charge is 2.17. The van der Waals surface area contributed by atoms with Gasteiger partial charge in [0.2, 0.25) is 0 Å². The topological polar surface area (TPSA) is 153 Å². The molecule has 0 atom stereocenters. The number of benzene rings is 2. The molecule has 2 aromatic carbocycles. The maximum absolute atomic E-state index is 9.27. The van der Waals surface area contributed by atoms with Gasteiger partial charge in [-0.15, -0.1) is 0 Å². The van der Waals surface area contributed by atoms with Gasteiger partial charge in [-0.1, -0.05) is 0 Å². The fourth-order valence-corrected chi connectivity index (χ4v) is 2.93.